The van der Waals surface area contributed by atoms with Crippen molar-refractivity contribution in [1.82, 2.24) is 10.6 Å². The average molecular weight is 379 g/mol. The van der Waals surface area contributed by atoms with Gasteiger partial charge < -0.3 is 16.0 Å². The van der Waals surface area contributed by atoms with Crippen LogP contribution in [0.2, 0.25) is 0 Å². The first-order chi connectivity index (χ1) is 10.7. The van der Waals surface area contributed by atoms with Crippen LogP contribution in [0.25, 0.3) is 0 Å². The van der Waals surface area contributed by atoms with E-state index in [9.17, 15) is 18.0 Å². The van der Waals surface area contributed by atoms with E-state index in [1.807, 2.05) is 7.05 Å². The quantitative estimate of drug-likeness (QED) is 0.499. The van der Waals surface area contributed by atoms with Crippen molar-refractivity contribution in [2.45, 2.75) is 13.3 Å². The summed E-state index contributed by atoms with van der Waals surface area (Å²) in [5.74, 6) is -0.700. The number of benzene rings is 1. The van der Waals surface area contributed by atoms with Crippen LogP contribution < -0.4 is 20.7 Å². The molecule has 1 aromatic rings. The molecule has 0 heterocycles. The number of hydrogen-bond acceptors (Lipinski definition) is 5. The van der Waals surface area contributed by atoms with Gasteiger partial charge in [-0.3, -0.25) is 14.3 Å². The molecule has 1 rings (SSSR count). The second-order valence-electron chi connectivity index (χ2n) is 5.03. The minimum Gasteiger partial charge on any atom is -0.352 e. The Hall–Kier alpha value is -1.84. The van der Waals surface area contributed by atoms with Crippen LogP contribution in [0.5, 0.6) is 0 Å². The maximum atomic E-state index is 12.3. The number of carbonyl (C=O) groups excluding carboxylic acids is 2. The van der Waals surface area contributed by atoms with Gasteiger partial charge in [0.05, 0.1) is 17.5 Å². The molecule has 0 fully saturated rings. The number of rotatable bonds is 8. The lowest BCUT2D eigenvalue weighted by molar-refractivity contribution is -0.114. The van der Waals surface area contributed by atoms with Crippen LogP contribution >= 0.6 is 12.4 Å². The van der Waals surface area contributed by atoms with Crippen molar-refractivity contribution in [2.75, 3.05) is 36.4 Å². The molecule has 0 radical (unpaired) electrons. The summed E-state index contributed by atoms with van der Waals surface area (Å²) >= 11 is 0. The number of amides is 2. The topological polar surface area (TPSA) is 116 Å². The fourth-order valence-electron chi connectivity index (χ4n) is 1.86. The zero-order valence-electron chi connectivity index (χ0n) is 13.8. The summed E-state index contributed by atoms with van der Waals surface area (Å²) in [6, 6.07) is 4.39. The Morgan fingerprint density at radius 2 is 1.83 bits per heavy atom. The van der Waals surface area contributed by atoms with Crippen LogP contribution in [0.15, 0.2) is 18.2 Å². The van der Waals surface area contributed by atoms with Crippen LogP contribution in [0.4, 0.5) is 11.4 Å². The van der Waals surface area contributed by atoms with Crippen LogP contribution in [0, 0.1) is 0 Å². The van der Waals surface area contributed by atoms with Gasteiger partial charge in [-0.05, 0) is 38.2 Å². The van der Waals surface area contributed by atoms with Crippen molar-refractivity contribution in [3.05, 3.63) is 23.8 Å². The number of carbonyl (C=O) groups is 2. The highest BCUT2D eigenvalue weighted by Crippen LogP contribution is 2.21. The van der Waals surface area contributed by atoms with E-state index in [2.05, 4.69) is 20.7 Å². The molecule has 0 saturated carbocycles. The molecule has 2 amide bonds. The molecule has 0 atom stereocenters. The zero-order chi connectivity index (χ0) is 17.5. The van der Waals surface area contributed by atoms with E-state index in [1.165, 1.54) is 25.1 Å². The van der Waals surface area contributed by atoms with E-state index in [-0.39, 0.29) is 29.6 Å². The minimum atomic E-state index is -3.53. The Bertz CT molecular complexity index is 679. The lowest BCUT2D eigenvalue weighted by Gasteiger charge is -2.13. The molecule has 136 valence electrons. The number of sulfonamides is 1. The monoisotopic (exact) mass is 378 g/mol. The largest absolute Gasteiger partial charge is 0.352 e. The highest BCUT2D eigenvalue weighted by molar-refractivity contribution is 7.92. The van der Waals surface area contributed by atoms with E-state index in [0.717, 1.165) is 19.2 Å². The zero-order valence-corrected chi connectivity index (χ0v) is 15.4. The summed E-state index contributed by atoms with van der Waals surface area (Å²) < 4.78 is 25.1. The predicted molar refractivity (Wildman–Crippen MR) is 97.3 cm³/mol. The van der Waals surface area contributed by atoms with Crippen LogP contribution in [-0.4, -0.2) is 46.6 Å². The van der Waals surface area contributed by atoms with Gasteiger partial charge in [0.25, 0.3) is 5.91 Å². The second kappa shape index (κ2) is 10.1. The van der Waals surface area contributed by atoms with Gasteiger partial charge >= 0.3 is 0 Å². The maximum absolute atomic E-state index is 12.3. The van der Waals surface area contributed by atoms with Crippen molar-refractivity contribution in [3.63, 3.8) is 0 Å². The first-order valence-corrected chi connectivity index (χ1v) is 8.94. The first kappa shape index (κ1) is 22.2. The van der Waals surface area contributed by atoms with Crippen molar-refractivity contribution in [2.24, 2.45) is 0 Å². The molecule has 0 bridgehead atoms. The third-order valence-electron chi connectivity index (χ3n) is 2.77. The van der Waals surface area contributed by atoms with E-state index < -0.39 is 15.9 Å². The average Bonchev–Trinajstić information content (AvgIpc) is 2.43. The highest BCUT2D eigenvalue weighted by atomic mass is 35.5. The van der Waals surface area contributed by atoms with Gasteiger partial charge in [-0.15, -0.1) is 12.4 Å². The lowest BCUT2D eigenvalue weighted by atomic mass is 10.1. The van der Waals surface area contributed by atoms with Gasteiger partial charge in [-0.25, -0.2) is 8.42 Å². The Labute approximate surface area is 148 Å². The Kier molecular flexibility index (Phi) is 9.34. The Morgan fingerprint density at radius 1 is 1.17 bits per heavy atom. The first-order valence-electron chi connectivity index (χ1n) is 7.05. The molecule has 0 aromatic heterocycles. The van der Waals surface area contributed by atoms with Crippen LogP contribution in [-0.2, 0) is 14.8 Å². The van der Waals surface area contributed by atoms with Gasteiger partial charge in [-0.2, -0.15) is 0 Å². The summed E-state index contributed by atoms with van der Waals surface area (Å²) in [6.07, 6.45) is 1.74. The molecule has 0 aliphatic carbocycles. The van der Waals surface area contributed by atoms with Crippen LogP contribution in [0.1, 0.15) is 23.7 Å². The minimum absolute atomic E-state index is 0. The standard InChI is InChI=1S/C14H22N4O4S.ClH/c1-10(19)17-11-5-6-13(18-23(3,21)22)12(9-11)14(20)16-8-4-7-15-2;/h5-6,9,15,18H,4,7-8H2,1-3H3,(H,16,20)(H,17,19);1H. The maximum Gasteiger partial charge on any atom is 0.253 e. The molecule has 0 saturated heterocycles. The number of nitrogens with one attached hydrogen (secondary N) is 4. The van der Waals surface area contributed by atoms with Gasteiger partial charge in [0.1, 0.15) is 0 Å². The van der Waals surface area contributed by atoms with E-state index in [4.69, 9.17) is 0 Å². The molecule has 0 aliphatic rings. The lowest BCUT2D eigenvalue weighted by Crippen LogP contribution is -2.28. The fourth-order valence-corrected chi connectivity index (χ4v) is 2.44. The number of halogens is 1. The van der Waals surface area contributed by atoms with Gasteiger partial charge in [0.2, 0.25) is 15.9 Å². The summed E-state index contributed by atoms with van der Waals surface area (Å²) in [5, 5.41) is 8.24. The molecular formula is C14H23ClN4O4S. The Balaban J connectivity index is 0.00000529. The molecule has 0 unspecified atom stereocenters. The molecule has 10 heteroatoms. The molecular weight excluding hydrogens is 356 g/mol. The number of hydrogen-bond donors (Lipinski definition) is 4. The van der Waals surface area contributed by atoms with Gasteiger partial charge in [0.15, 0.2) is 0 Å². The van der Waals surface area contributed by atoms with Crippen LogP contribution in [0.3, 0.4) is 0 Å². The summed E-state index contributed by atoms with van der Waals surface area (Å²) in [7, 11) is -1.71. The molecule has 8 nitrogen and oxygen atoms in total. The smallest absolute Gasteiger partial charge is 0.253 e. The van der Waals surface area contributed by atoms with E-state index in [1.54, 1.807) is 0 Å². The normalized spacial score (nSPS) is 10.5. The molecule has 0 aliphatic heterocycles. The van der Waals surface area contributed by atoms with Crippen molar-refractivity contribution in [3.8, 4) is 0 Å². The van der Waals surface area contributed by atoms with Gasteiger partial charge in [-0.1, -0.05) is 0 Å². The van der Waals surface area contributed by atoms with Crippen molar-refractivity contribution in [1.29, 1.82) is 0 Å². The summed E-state index contributed by atoms with van der Waals surface area (Å²) in [4.78, 5) is 23.4. The third kappa shape index (κ3) is 8.14. The van der Waals surface area contributed by atoms with E-state index in [0.29, 0.717) is 12.2 Å². The molecule has 1 aromatic carbocycles. The number of anilines is 2. The Morgan fingerprint density at radius 3 is 2.38 bits per heavy atom. The fraction of sp³-hybridized carbons (Fsp3) is 0.429. The summed E-state index contributed by atoms with van der Waals surface area (Å²) in [6.45, 7) is 2.54. The van der Waals surface area contributed by atoms with Gasteiger partial charge in [0, 0.05) is 19.2 Å². The molecule has 0 spiro atoms. The third-order valence-corrected chi connectivity index (χ3v) is 3.36. The predicted octanol–water partition coefficient (Wildman–Crippen LogP) is 0.778. The highest BCUT2D eigenvalue weighted by Gasteiger charge is 2.15. The SMILES string of the molecule is CNCCCNC(=O)c1cc(NC(C)=O)ccc1NS(C)(=O)=O.Cl. The van der Waals surface area contributed by atoms with Crippen molar-refractivity contribution < 1.29 is 18.0 Å². The van der Waals surface area contributed by atoms with E-state index >= 15 is 0 Å². The second-order valence-corrected chi connectivity index (χ2v) is 6.78. The van der Waals surface area contributed by atoms with Crippen molar-refractivity contribution >= 4 is 45.6 Å². The molecule has 4 N–H and O–H groups in total. The molecule has 24 heavy (non-hydrogen) atoms. The summed E-state index contributed by atoms with van der Waals surface area (Å²) in [5.41, 5.74) is 0.718.